The monoisotopic (exact) mass is 334 g/mol. The molecule has 0 radical (unpaired) electrons. The number of benzene rings is 1. The van der Waals surface area contributed by atoms with E-state index in [9.17, 15) is 9.59 Å². The minimum atomic E-state index is -1.15. The summed E-state index contributed by atoms with van der Waals surface area (Å²) >= 11 is 0. The van der Waals surface area contributed by atoms with Crippen molar-refractivity contribution in [1.82, 2.24) is 0 Å². The quantitative estimate of drug-likeness (QED) is 0.394. The van der Waals surface area contributed by atoms with Crippen LogP contribution in [0, 0.1) is 5.92 Å². The van der Waals surface area contributed by atoms with Gasteiger partial charge in [-0.3, -0.25) is 14.6 Å². The number of ether oxygens (including phenoxy) is 2. The number of carbonyl (C=O) groups is 2. The van der Waals surface area contributed by atoms with E-state index in [0.29, 0.717) is 5.69 Å². The molecule has 6 nitrogen and oxygen atoms in total. The van der Waals surface area contributed by atoms with Gasteiger partial charge >= 0.3 is 11.9 Å². The Kier molecular flexibility index (Phi) is 8.54. The number of anilines is 1. The lowest BCUT2D eigenvalue weighted by Gasteiger charge is -2.20. The Bertz CT molecular complexity index is 533. The SMILES string of the molecule is CCOC(=O)C(C=Nc1ccc(N(CC)CC)cc1)C(=O)OCC. The second-order valence-electron chi connectivity index (χ2n) is 4.95. The summed E-state index contributed by atoms with van der Waals surface area (Å²) in [5.41, 5.74) is 1.76. The van der Waals surface area contributed by atoms with E-state index in [1.165, 1.54) is 6.21 Å². The van der Waals surface area contributed by atoms with Crippen molar-refractivity contribution in [2.24, 2.45) is 10.9 Å². The fourth-order valence-corrected chi connectivity index (χ4v) is 2.18. The van der Waals surface area contributed by atoms with Gasteiger partial charge in [-0.25, -0.2) is 0 Å². The third-order valence-corrected chi connectivity index (χ3v) is 3.43. The van der Waals surface area contributed by atoms with Crippen molar-refractivity contribution in [2.75, 3.05) is 31.2 Å². The van der Waals surface area contributed by atoms with Crippen LogP contribution in [0.4, 0.5) is 11.4 Å². The highest BCUT2D eigenvalue weighted by molar-refractivity contribution is 6.09. The fourth-order valence-electron chi connectivity index (χ4n) is 2.18. The van der Waals surface area contributed by atoms with Crippen LogP contribution in [0.3, 0.4) is 0 Å². The molecule has 0 spiro atoms. The lowest BCUT2D eigenvalue weighted by Crippen LogP contribution is -2.29. The normalized spacial score (nSPS) is 10.9. The highest BCUT2D eigenvalue weighted by Crippen LogP contribution is 2.19. The first-order valence-corrected chi connectivity index (χ1v) is 8.29. The summed E-state index contributed by atoms with van der Waals surface area (Å²) in [6.45, 7) is 9.80. The Labute approximate surface area is 143 Å². The van der Waals surface area contributed by atoms with Crippen LogP contribution < -0.4 is 4.90 Å². The Morgan fingerprint density at radius 1 is 1.00 bits per heavy atom. The van der Waals surface area contributed by atoms with Gasteiger partial charge in [0.1, 0.15) is 0 Å². The third kappa shape index (κ3) is 5.68. The molecule has 0 fully saturated rings. The minimum Gasteiger partial charge on any atom is -0.465 e. The van der Waals surface area contributed by atoms with Gasteiger partial charge in [-0.05, 0) is 52.0 Å². The Morgan fingerprint density at radius 2 is 1.50 bits per heavy atom. The molecule has 24 heavy (non-hydrogen) atoms. The van der Waals surface area contributed by atoms with Crippen LogP contribution in [0.5, 0.6) is 0 Å². The average molecular weight is 334 g/mol. The van der Waals surface area contributed by atoms with E-state index in [1.807, 2.05) is 24.3 Å². The maximum atomic E-state index is 11.9. The Morgan fingerprint density at radius 3 is 1.92 bits per heavy atom. The molecule has 6 heteroatoms. The van der Waals surface area contributed by atoms with Crippen LogP contribution in [0.25, 0.3) is 0 Å². The van der Waals surface area contributed by atoms with Crippen molar-refractivity contribution >= 4 is 29.5 Å². The molecule has 0 unspecified atom stereocenters. The van der Waals surface area contributed by atoms with E-state index in [0.717, 1.165) is 18.8 Å². The number of esters is 2. The van der Waals surface area contributed by atoms with Crippen molar-refractivity contribution in [3.05, 3.63) is 24.3 Å². The Balaban J connectivity index is 2.88. The number of carbonyl (C=O) groups excluding carboxylic acids is 2. The average Bonchev–Trinajstić information content (AvgIpc) is 2.58. The highest BCUT2D eigenvalue weighted by atomic mass is 16.6. The van der Waals surface area contributed by atoms with E-state index in [1.54, 1.807) is 13.8 Å². The summed E-state index contributed by atoms with van der Waals surface area (Å²) in [4.78, 5) is 30.2. The zero-order chi connectivity index (χ0) is 17.9. The van der Waals surface area contributed by atoms with Crippen LogP contribution in [-0.2, 0) is 19.1 Å². The standard InChI is InChI=1S/C18H26N2O4/c1-5-20(6-2)15-11-9-14(10-12-15)19-13-16(17(21)23-7-3)18(22)24-8-4/h9-13,16H,5-8H2,1-4H3. The smallest absolute Gasteiger partial charge is 0.325 e. The first kappa shape index (κ1) is 19.7. The molecule has 1 aromatic carbocycles. The van der Waals surface area contributed by atoms with E-state index < -0.39 is 17.9 Å². The van der Waals surface area contributed by atoms with E-state index in [4.69, 9.17) is 9.47 Å². The zero-order valence-corrected chi connectivity index (χ0v) is 14.8. The van der Waals surface area contributed by atoms with Crippen molar-refractivity contribution in [3.8, 4) is 0 Å². The third-order valence-electron chi connectivity index (χ3n) is 3.43. The van der Waals surface area contributed by atoms with Crippen molar-refractivity contribution in [1.29, 1.82) is 0 Å². The zero-order valence-electron chi connectivity index (χ0n) is 14.8. The molecule has 0 saturated carbocycles. The molecule has 1 aromatic rings. The maximum Gasteiger partial charge on any atom is 0.325 e. The molecular weight excluding hydrogens is 308 g/mol. The van der Waals surface area contributed by atoms with Gasteiger partial charge in [-0.1, -0.05) is 0 Å². The lowest BCUT2D eigenvalue weighted by molar-refractivity contribution is -0.157. The van der Waals surface area contributed by atoms with Gasteiger partial charge in [-0.2, -0.15) is 0 Å². The van der Waals surface area contributed by atoms with Crippen LogP contribution in [0.15, 0.2) is 29.3 Å². The number of rotatable bonds is 9. The molecule has 0 N–H and O–H groups in total. The van der Waals surface area contributed by atoms with Gasteiger partial charge < -0.3 is 14.4 Å². The molecule has 0 bridgehead atoms. The summed E-state index contributed by atoms with van der Waals surface area (Å²) in [6, 6.07) is 7.61. The molecule has 0 atom stereocenters. The van der Waals surface area contributed by atoms with Crippen LogP contribution in [0.2, 0.25) is 0 Å². The topological polar surface area (TPSA) is 68.2 Å². The van der Waals surface area contributed by atoms with Gasteiger partial charge in [0.25, 0.3) is 0 Å². The predicted octanol–water partition coefficient (Wildman–Crippen LogP) is 2.98. The van der Waals surface area contributed by atoms with Crippen LogP contribution in [0.1, 0.15) is 27.7 Å². The minimum absolute atomic E-state index is 0.196. The van der Waals surface area contributed by atoms with Gasteiger partial charge in [0.2, 0.25) is 0 Å². The van der Waals surface area contributed by atoms with Gasteiger partial charge in [-0.15, -0.1) is 0 Å². The molecule has 0 aliphatic heterocycles. The summed E-state index contributed by atoms with van der Waals surface area (Å²) < 4.78 is 9.80. The molecule has 0 aromatic heterocycles. The van der Waals surface area contributed by atoms with Crippen LogP contribution in [-0.4, -0.2) is 44.5 Å². The summed E-state index contributed by atoms with van der Waals surface area (Å²) in [6.07, 6.45) is 1.28. The second kappa shape index (κ2) is 10.4. The Hall–Kier alpha value is -2.37. The molecule has 132 valence electrons. The van der Waals surface area contributed by atoms with Gasteiger partial charge in [0, 0.05) is 25.0 Å². The number of nitrogens with zero attached hydrogens (tertiary/aromatic N) is 2. The fraction of sp³-hybridized carbons (Fsp3) is 0.500. The molecular formula is C18H26N2O4. The highest BCUT2D eigenvalue weighted by Gasteiger charge is 2.27. The summed E-state index contributed by atoms with van der Waals surface area (Å²) in [5.74, 6) is -2.45. The molecule has 0 heterocycles. The number of hydrogen-bond acceptors (Lipinski definition) is 6. The first-order chi connectivity index (χ1) is 11.6. The van der Waals surface area contributed by atoms with Crippen LogP contribution >= 0.6 is 0 Å². The summed E-state index contributed by atoms with van der Waals surface area (Å²) in [5, 5.41) is 0. The molecule has 0 aliphatic carbocycles. The largest absolute Gasteiger partial charge is 0.465 e. The maximum absolute atomic E-state index is 11.9. The second-order valence-corrected chi connectivity index (χ2v) is 4.95. The summed E-state index contributed by atoms with van der Waals surface area (Å²) in [7, 11) is 0. The van der Waals surface area contributed by atoms with Crippen molar-refractivity contribution in [3.63, 3.8) is 0 Å². The molecule has 0 amide bonds. The van der Waals surface area contributed by atoms with E-state index >= 15 is 0 Å². The van der Waals surface area contributed by atoms with E-state index in [2.05, 4.69) is 23.7 Å². The van der Waals surface area contributed by atoms with Gasteiger partial charge in [0.15, 0.2) is 5.92 Å². The predicted molar refractivity (Wildman–Crippen MR) is 94.9 cm³/mol. The molecule has 0 aliphatic rings. The van der Waals surface area contributed by atoms with Crippen molar-refractivity contribution < 1.29 is 19.1 Å². The van der Waals surface area contributed by atoms with E-state index in [-0.39, 0.29) is 13.2 Å². The lowest BCUT2D eigenvalue weighted by atomic mass is 10.1. The van der Waals surface area contributed by atoms with Crippen molar-refractivity contribution in [2.45, 2.75) is 27.7 Å². The molecule has 1 rings (SSSR count). The number of hydrogen-bond donors (Lipinski definition) is 0. The van der Waals surface area contributed by atoms with Gasteiger partial charge in [0.05, 0.1) is 18.9 Å². The number of aliphatic imine (C=N–C) groups is 1. The first-order valence-electron chi connectivity index (χ1n) is 8.29. The molecule has 0 saturated heterocycles.